The lowest BCUT2D eigenvalue weighted by atomic mass is 10.1. The molecule has 1 aliphatic heterocycles. The van der Waals surface area contributed by atoms with E-state index >= 15 is 0 Å². The van der Waals surface area contributed by atoms with Crippen molar-refractivity contribution in [1.29, 1.82) is 0 Å². The summed E-state index contributed by atoms with van der Waals surface area (Å²) < 4.78 is 0. The minimum atomic E-state index is -0.516. The second-order valence-electron chi connectivity index (χ2n) is 5.17. The van der Waals surface area contributed by atoms with Crippen LogP contribution in [0.25, 0.3) is 0 Å². The number of hydrogen-bond acceptors (Lipinski definition) is 5. The van der Waals surface area contributed by atoms with Crippen LogP contribution in [0, 0.1) is 10.1 Å². The zero-order valence-corrected chi connectivity index (χ0v) is 13.3. The van der Waals surface area contributed by atoms with E-state index in [1.807, 2.05) is 6.92 Å². The molecule has 0 radical (unpaired) electrons. The van der Waals surface area contributed by atoms with E-state index < -0.39 is 4.92 Å². The van der Waals surface area contributed by atoms with Gasteiger partial charge < -0.3 is 16.0 Å². The molecule has 0 aromatic heterocycles. The van der Waals surface area contributed by atoms with Crippen molar-refractivity contribution in [2.24, 2.45) is 0 Å². The van der Waals surface area contributed by atoms with Crippen molar-refractivity contribution in [2.45, 2.75) is 25.8 Å². The van der Waals surface area contributed by atoms with E-state index in [-0.39, 0.29) is 41.3 Å². The van der Waals surface area contributed by atoms with E-state index in [4.69, 9.17) is 5.73 Å². The normalized spacial score (nSPS) is 16.9. The molecular formula is C14H21ClN4O3. The lowest BCUT2D eigenvalue weighted by Crippen LogP contribution is -2.42. The Morgan fingerprint density at radius 1 is 1.55 bits per heavy atom. The zero-order chi connectivity index (χ0) is 15.4. The van der Waals surface area contributed by atoms with Crippen LogP contribution in [0.1, 0.15) is 30.1 Å². The molecule has 0 saturated carbocycles. The number of nitro benzene ring substituents is 1. The highest BCUT2D eigenvalue weighted by atomic mass is 35.5. The molecule has 1 aromatic rings. The lowest BCUT2D eigenvalue weighted by Gasteiger charge is -2.28. The second-order valence-corrected chi connectivity index (χ2v) is 5.17. The molecule has 2 rings (SSSR count). The summed E-state index contributed by atoms with van der Waals surface area (Å²) in [5.41, 5.74) is 6.21. The molecule has 1 unspecified atom stereocenters. The summed E-state index contributed by atoms with van der Waals surface area (Å²) in [5, 5.41) is 14.1. The van der Waals surface area contributed by atoms with E-state index in [1.54, 1.807) is 4.90 Å². The van der Waals surface area contributed by atoms with Crippen LogP contribution >= 0.6 is 12.4 Å². The first kappa shape index (κ1) is 18.2. The van der Waals surface area contributed by atoms with Crippen molar-refractivity contribution < 1.29 is 9.72 Å². The molecule has 1 atom stereocenters. The summed E-state index contributed by atoms with van der Waals surface area (Å²) >= 11 is 0. The minimum absolute atomic E-state index is 0. The van der Waals surface area contributed by atoms with E-state index in [2.05, 4.69) is 5.32 Å². The smallest absolute Gasteiger partial charge is 0.270 e. The van der Waals surface area contributed by atoms with Gasteiger partial charge >= 0.3 is 0 Å². The number of nitrogen functional groups attached to an aromatic ring is 1. The Balaban J connectivity index is 0.00000242. The van der Waals surface area contributed by atoms with Crippen LogP contribution in [0.4, 0.5) is 11.4 Å². The van der Waals surface area contributed by atoms with Crippen molar-refractivity contribution in [2.75, 3.05) is 25.4 Å². The van der Waals surface area contributed by atoms with E-state index in [9.17, 15) is 14.9 Å². The monoisotopic (exact) mass is 328 g/mol. The number of non-ortho nitro benzene ring substituents is 1. The third kappa shape index (κ3) is 3.86. The third-order valence-electron chi connectivity index (χ3n) is 3.68. The molecule has 122 valence electrons. The Hall–Kier alpha value is -1.86. The highest BCUT2D eigenvalue weighted by Gasteiger charge is 2.28. The van der Waals surface area contributed by atoms with Gasteiger partial charge in [0.15, 0.2) is 0 Å². The average Bonchev–Trinajstić information content (AvgIpc) is 2.98. The fraction of sp³-hybridized carbons (Fsp3) is 0.500. The molecule has 1 saturated heterocycles. The quantitative estimate of drug-likeness (QED) is 0.487. The zero-order valence-electron chi connectivity index (χ0n) is 12.4. The van der Waals surface area contributed by atoms with Crippen molar-refractivity contribution in [3.05, 3.63) is 33.9 Å². The first-order valence-electron chi connectivity index (χ1n) is 7.10. The van der Waals surface area contributed by atoms with Gasteiger partial charge in [0.05, 0.1) is 10.5 Å². The highest BCUT2D eigenvalue weighted by Crippen LogP contribution is 2.23. The number of hydrogen-bond donors (Lipinski definition) is 2. The Morgan fingerprint density at radius 3 is 2.82 bits per heavy atom. The van der Waals surface area contributed by atoms with Gasteiger partial charge in [-0.3, -0.25) is 14.9 Å². The molecule has 0 aliphatic carbocycles. The molecule has 1 aromatic carbocycles. The molecule has 1 aliphatic rings. The van der Waals surface area contributed by atoms with Crippen molar-refractivity contribution in [1.82, 2.24) is 10.2 Å². The maximum absolute atomic E-state index is 12.7. The van der Waals surface area contributed by atoms with Crippen LogP contribution in [0.2, 0.25) is 0 Å². The number of nitrogens with zero attached hydrogens (tertiary/aromatic N) is 2. The molecule has 8 heteroatoms. The topological polar surface area (TPSA) is 102 Å². The number of carbonyl (C=O) groups excluding carboxylic acids is 1. The van der Waals surface area contributed by atoms with Gasteiger partial charge in [0.25, 0.3) is 11.6 Å². The molecule has 7 nitrogen and oxygen atoms in total. The van der Waals surface area contributed by atoms with Gasteiger partial charge in [-0.1, -0.05) is 6.92 Å². The number of nitrogens with one attached hydrogen (secondary N) is 1. The van der Waals surface area contributed by atoms with Crippen LogP contribution in [0.5, 0.6) is 0 Å². The highest BCUT2D eigenvalue weighted by molar-refractivity contribution is 6.00. The maximum Gasteiger partial charge on any atom is 0.270 e. The predicted molar refractivity (Wildman–Crippen MR) is 87.4 cm³/mol. The van der Waals surface area contributed by atoms with Gasteiger partial charge in [-0.15, -0.1) is 12.4 Å². The van der Waals surface area contributed by atoms with Gasteiger partial charge in [-0.2, -0.15) is 0 Å². The number of halogens is 1. The summed E-state index contributed by atoms with van der Waals surface area (Å²) in [6.07, 6.45) is 1.72. The second kappa shape index (κ2) is 7.95. The standard InChI is InChI=1S/C14H20N4O3.ClH/c1-2-7-17(11-5-6-16-9-11)14(19)12-8-10(18(20)21)3-4-13(12)15;/h3-4,8,11,16H,2,5-7,9,15H2,1H3;1H. The summed E-state index contributed by atoms with van der Waals surface area (Å²) in [4.78, 5) is 24.8. The first-order chi connectivity index (χ1) is 10.0. The van der Waals surface area contributed by atoms with E-state index in [0.717, 1.165) is 25.9 Å². The number of amides is 1. The van der Waals surface area contributed by atoms with E-state index in [0.29, 0.717) is 6.54 Å². The summed E-state index contributed by atoms with van der Waals surface area (Å²) in [7, 11) is 0. The molecular weight excluding hydrogens is 308 g/mol. The van der Waals surface area contributed by atoms with Gasteiger partial charge in [0.1, 0.15) is 0 Å². The minimum Gasteiger partial charge on any atom is -0.398 e. The molecule has 1 heterocycles. The third-order valence-corrected chi connectivity index (χ3v) is 3.68. The van der Waals surface area contributed by atoms with Gasteiger partial charge in [0, 0.05) is 37.0 Å². The summed E-state index contributed by atoms with van der Waals surface area (Å²) in [6, 6.07) is 4.12. The Bertz CT molecular complexity index is 547. The number of carbonyl (C=O) groups is 1. The maximum atomic E-state index is 12.7. The Morgan fingerprint density at radius 2 is 2.27 bits per heavy atom. The van der Waals surface area contributed by atoms with Crippen molar-refractivity contribution >= 4 is 29.7 Å². The molecule has 1 fully saturated rings. The molecule has 0 spiro atoms. The van der Waals surface area contributed by atoms with Crippen LogP contribution in [0.15, 0.2) is 18.2 Å². The fourth-order valence-corrected chi connectivity index (χ4v) is 2.59. The lowest BCUT2D eigenvalue weighted by molar-refractivity contribution is -0.384. The Kier molecular flexibility index (Phi) is 6.58. The molecule has 0 bridgehead atoms. The van der Waals surface area contributed by atoms with Crippen LogP contribution in [-0.2, 0) is 0 Å². The fourth-order valence-electron chi connectivity index (χ4n) is 2.59. The largest absolute Gasteiger partial charge is 0.398 e. The van der Waals surface area contributed by atoms with Crippen molar-refractivity contribution in [3.63, 3.8) is 0 Å². The van der Waals surface area contributed by atoms with E-state index in [1.165, 1.54) is 18.2 Å². The number of rotatable bonds is 5. The van der Waals surface area contributed by atoms with Crippen LogP contribution in [0.3, 0.4) is 0 Å². The number of benzene rings is 1. The SMILES string of the molecule is CCCN(C(=O)c1cc([N+](=O)[O-])ccc1N)C1CCNC1.Cl. The van der Waals surface area contributed by atoms with Gasteiger partial charge in [0.2, 0.25) is 0 Å². The average molecular weight is 329 g/mol. The number of nitrogens with two attached hydrogens (primary N) is 1. The number of anilines is 1. The molecule has 3 N–H and O–H groups in total. The number of nitro groups is 1. The first-order valence-corrected chi connectivity index (χ1v) is 7.10. The van der Waals surface area contributed by atoms with Crippen molar-refractivity contribution in [3.8, 4) is 0 Å². The summed E-state index contributed by atoms with van der Waals surface area (Å²) in [6.45, 7) is 4.25. The Labute approximate surface area is 135 Å². The van der Waals surface area contributed by atoms with Crippen LogP contribution < -0.4 is 11.1 Å². The van der Waals surface area contributed by atoms with Gasteiger partial charge in [-0.05, 0) is 25.5 Å². The molecule has 22 heavy (non-hydrogen) atoms. The van der Waals surface area contributed by atoms with Crippen LogP contribution in [-0.4, -0.2) is 41.4 Å². The van der Waals surface area contributed by atoms with Gasteiger partial charge in [-0.25, -0.2) is 0 Å². The predicted octanol–water partition coefficient (Wildman–Crippen LogP) is 1.81. The molecule has 1 amide bonds. The summed E-state index contributed by atoms with van der Waals surface area (Å²) in [5.74, 6) is -0.230.